The molecule has 1 heterocycles. The van der Waals surface area contributed by atoms with Gasteiger partial charge in [0.15, 0.2) is 0 Å². The number of amides is 2. The highest BCUT2D eigenvalue weighted by Gasteiger charge is 2.41. The first-order valence-corrected chi connectivity index (χ1v) is 8.44. The van der Waals surface area contributed by atoms with E-state index in [-0.39, 0.29) is 29.9 Å². The summed E-state index contributed by atoms with van der Waals surface area (Å²) in [7, 11) is 0. The average molecular weight is 296 g/mol. The normalized spacial score (nSPS) is 26.0. The zero-order chi connectivity index (χ0) is 16.2. The molecule has 0 aromatic carbocycles. The van der Waals surface area contributed by atoms with Crippen molar-refractivity contribution in [3.63, 3.8) is 0 Å². The molecular formula is C17H32N2O2. The smallest absolute Gasteiger partial charge is 0.246 e. The largest absolute Gasteiger partial charge is 0.342 e. The minimum atomic E-state index is -0.348. The highest BCUT2D eigenvalue weighted by atomic mass is 16.2. The monoisotopic (exact) mass is 296 g/mol. The van der Waals surface area contributed by atoms with Gasteiger partial charge in [-0.15, -0.1) is 0 Å². The van der Waals surface area contributed by atoms with E-state index >= 15 is 0 Å². The Morgan fingerprint density at radius 3 is 2.24 bits per heavy atom. The quantitative estimate of drug-likeness (QED) is 0.785. The first-order valence-electron chi connectivity index (χ1n) is 8.44. The van der Waals surface area contributed by atoms with E-state index in [1.807, 2.05) is 11.8 Å². The van der Waals surface area contributed by atoms with Crippen LogP contribution in [0.5, 0.6) is 0 Å². The number of rotatable bonds is 7. The molecule has 0 aromatic rings. The van der Waals surface area contributed by atoms with Gasteiger partial charge in [0.05, 0.1) is 0 Å². The third-order valence-corrected chi connectivity index (χ3v) is 4.52. The van der Waals surface area contributed by atoms with Crippen LogP contribution in [0.3, 0.4) is 0 Å². The van der Waals surface area contributed by atoms with Crippen LogP contribution in [-0.4, -0.2) is 34.8 Å². The molecule has 4 heteroatoms. The summed E-state index contributed by atoms with van der Waals surface area (Å²) in [5.41, 5.74) is 0. The second-order valence-corrected chi connectivity index (χ2v) is 6.96. The summed E-state index contributed by atoms with van der Waals surface area (Å²) in [5.74, 6) is 1.08. The van der Waals surface area contributed by atoms with Gasteiger partial charge in [-0.3, -0.25) is 9.59 Å². The van der Waals surface area contributed by atoms with E-state index in [1.54, 1.807) is 0 Å². The molecule has 0 spiro atoms. The van der Waals surface area contributed by atoms with Gasteiger partial charge >= 0.3 is 0 Å². The lowest BCUT2D eigenvalue weighted by Crippen LogP contribution is -2.65. The number of carbonyl (C=O) groups is 2. The molecular weight excluding hydrogens is 264 g/mol. The van der Waals surface area contributed by atoms with E-state index in [2.05, 4.69) is 39.9 Å². The number of piperazine rings is 1. The van der Waals surface area contributed by atoms with Crippen LogP contribution in [0.1, 0.15) is 67.2 Å². The fraction of sp³-hybridized carbons (Fsp3) is 0.882. The van der Waals surface area contributed by atoms with Gasteiger partial charge in [0.25, 0.3) is 0 Å². The van der Waals surface area contributed by atoms with E-state index in [9.17, 15) is 9.59 Å². The minimum absolute atomic E-state index is 0.0127. The minimum Gasteiger partial charge on any atom is -0.342 e. The molecule has 1 N–H and O–H groups in total. The summed E-state index contributed by atoms with van der Waals surface area (Å²) in [6, 6.07) is -0.530. The second kappa shape index (κ2) is 7.81. The third kappa shape index (κ3) is 4.45. The zero-order valence-electron chi connectivity index (χ0n) is 14.5. The number of hydrogen-bond acceptors (Lipinski definition) is 2. The molecule has 0 radical (unpaired) electrons. The van der Waals surface area contributed by atoms with Gasteiger partial charge in [-0.05, 0) is 38.0 Å². The predicted molar refractivity (Wildman–Crippen MR) is 85.8 cm³/mol. The molecule has 122 valence electrons. The summed E-state index contributed by atoms with van der Waals surface area (Å²) in [4.78, 5) is 27.0. The van der Waals surface area contributed by atoms with Crippen molar-refractivity contribution in [3.05, 3.63) is 0 Å². The fourth-order valence-corrected chi connectivity index (χ4v) is 3.19. The van der Waals surface area contributed by atoms with Crippen LogP contribution in [0.4, 0.5) is 0 Å². The van der Waals surface area contributed by atoms with Crippen molar-refractivity contribution < 1.29 is 9.59 Å². The maximum Gasteiger partial charge on any atom is 0.246 e. The Kier molecular flexibility index (Phi) is 6.69. The molecule has 21 heavy (non-hydrogen) atoms. The van der Waals surface area contributed by atoms with Crippen molar-refractivity contribution in [2.24, 2.45) is 11.8 Å². The Morgan fingerprint density at radius 2 is 1.76 bits per heavy atom. The average Bonchev–Trinajstić information content (AvgIpc) is 2.40. The Balaban J connectivity index is 2.92. The van der Waals surface area contributed by atoms with Crippen molar-refractivity contribution in [2.45, 2.75) is 85.4 Å². The van der Waals surface area contributed by atoms with Gasteiger partial charge in [0.1, 0.15) is 12.1 Å². The van der Waals surface area contributed by atoms with Crippen LogP contribution >= 0.6 is 0 Å². The summed E-state index contributed by atoms with van der Waals surface area (Å²) in [6.45, 7) is 12.6. The van der Waals surface area contributed by atoms with Gasteiger partial charge in [-0.25, -0.2) is 0 Å². The molecule has 4 nitrogen and oxygen atoms in total. The van der Waals surface area contributed by atoms with Crippen molar-refractivity contribution in [1.82, 2.24) is 10.2 Å². The zero-order valence-corrected chi connectivity index (χ0v) is 14.5. The molecule has 2 amide bonds. The summed E-state index contributed by atoms with van der Waals surface area (Å²) >= 11 is 0. The van der Waals surface area contributed by atoms with Gasteiger partial charge in [-0.2, -0.15) is 0 Å². The summed E-state index contributed by atoms with van der Waals surface area (Å²) in [6.07, 6.45) is 3.45. The molecule has 1 aliphatic heterocycles. The highest BCUT2D eigenvalue weighted by molar-refractivity contribution is 5.97. The first-order chi connectivity index (χ1) is 9.81. The van der Waals surface area contributed by atoms with Crippen LogP contribution in [0.25, 0.3) is 0 Å². The number of hydrogen-bond donors (Lipinski definition) is 1. The van der Waals surface area contributed by atoms with E-state index in [1.165, 1.54) is 0 Å². The fourth-order valence-electron chi connectivity index (χ4n) is 3.19. The van der Waals surface area contributed by atoms with E-state index < -0.39 is 0 Å². The van der Waals surface area contributed by atoms with Gasteiger partial charge in [-0.1, -0.05) is 41.0 Å². The lowest BCUT2D eigenvalue weighted by atomic mass is 9.93. The number of nitrogens with zero attached hydrogens (tertiary/aromatic N) is 1. The number of nitrogens with one attached hydrogen (secondary N) is 1. The van der Waals surface area contributed by atoms with Crippen LogP contribution in [-0.2, 0) is 9.59 Å². The van der Waals surface area contributed by atoms with Gasteiger partial charge in [0, 0.05) is 6.04 Å². The lowest BCUT2D eigenvalue weighted by molar-refractivity contribution is -0.152. The van der Waals surface area contributed by atoms with Crippen molar-refractivity contribution in [1.29, 1.82) is 0 Å². The van der Waals surface area contributed by atoms with E-state index in [4.69, 9.17) is 0 Å². The Hall–Kier alpha value is -1.06. The SMILES string of the molecule is CCC(C)CC(C)N1C(=O)C(CC(C)C)NC(=O)C1CC. The molecule has 0 saturated carbocycles. The molecule has 0 aliphatic carbocycles. The maximum absolute atomic E-state index is 12.8. The Morgan fingerprint density at radius 1 is 1.14 bits per heavy atom. The van der Waals surface area contributed by atoms with Gasteiger partial charge < -0.3 is 10.2 Å². The lowest BCUT2D eigenvalue weighted by Gasteiger charge is -2.43. The molecule has 0 bridgehead atoms. The molecule has 1 rings (SSSR count). The van der Waals surface area contributed by atoms with Crippen LogP contribution in [0.2, 0.25) is 0 Å². The Labute approximate surface area is 129 Å². The van der Waals surface area contributed by atoms with Crippen LogP contribution < -0.4 is 5.32 Å². The molecule has 4 atom stereocenters. The van der Waals surface area contributed by atoms with Crippen molar-refractivity contribution in [2.75, 3.05) is 0 Å². The predicted octanol–water partition coefficient (Wildman–Crippen LogP) is 2.96. The topological polar surface area (TPSA) is 49.4 Å². The number of carbonyl (C=O) groups excluding carboxylic acids is 2. The van der Waals surface area contributed by atoms with E-state index in [0.29, 0.717) is 24.7 Å². The highest BCUT2D eigenvalue weighted by Crippen LogP contribution is 2.24. The molecule has 4 unspecified atom stereocenters. The molecule has 1 saturated heterocycles. The standard InChI is InChI=1S/C17H32N2O2/c1-7-12(5)10-13(6)19-15(8-2)16(20)18-14(17(19)21)9-11(3)4/h11-15H,7-10H2,1-6H3,(H,18,20). The maximum atomic E-state index is 12.8. The summed E-state index contributed by atoms with van der Waals surface area (Å²) < 4.78 is 0. The second-order valence-electron chi connectivity index (χ2n) is 6.96. The molecule has 1 aliphatic rings. The van der Waals surface area contributed by atoms with Gasteiger partial charge in [0.2, 0.25) is 11.8 Å². The third-order valence-electron chi connectivity index (χ3n) is 4.52. The summed E-state index contributed by atoms with van der Waals surface area (Å²) in [5, 5.41) is 2.92. The molecule has 0 aromatic heterocycles. The first kappa shape index (κ1) is 18.0. The van der Waals surface area contributed by atoms with Crippen LogP contribution in [0.15, 0.2) is 0 Å². The van der Waals surface area contributed by atoms with E-state index in [0.717, 1.165) is 12.8 Å². The van der Waals surface area contributed by atoms with Crippen LogP contribution in [0, 0.1) is 11.8 Å². The van der Waals surface area contributed by atoms with Crippen molar-refractivity contribution in [3.8, 4) is 0 Å². The molecule has 1 fully saturated rings. The van der Waals surface area contributed by atoms with Crippen molar-refractivity contribution >= 4 is 11.8 Å². The Bertz CT molecular complexity index is 368.